The molecule has 1 unspecified atom stereocenters. The Bertz CT molecular complexity index is 1380. The predicted octanol–water partition coefficient (Wildman–Crippen LogP) is 1.60. The van der Waals surface area contributed by atoms with E-state index in [0.29, 0.717) is 48.0 Å². The first kappa shape index (κ1) is 19.6. The molecule has 0 bridgehead atoms. The van der Waals surface area contributed by atoms with Crippen molar-refractivity contribution < 1.29 is 17.4 Å². The van der Waals surface area contributed by atoms with Crippen LogP contribution in [0.1, 0.15) is 18.7 Å². The van der Waals surface area contributed by atoms with Crippen molar-refractivity contribution in [3.05, 3.63) is 53.2 Å². The van der Waals surface area contributed by atoms with E-state index in [4.69, 9.17) is 8.94 Å². The van der Waals surface area contributed by atoms with E-state index in [9.17, 15) is 13.2 Å². The molecule has 11 nitrogen and oxygen atoms in total. The zero-order chi connectivity index (χ0) is 21.4. The molecule has 0 spiro atoms. The van der Waals surface area contributed by atoms with Gasteiger partial charge in [-0.25, -0.2) is 18.2 Å². The molecule has 1 aromatic carbocycles. The predicted molar refractivity (Wildman–Crippen MR) is 107 cm³/mol. The summed E-state index contributed by atoms with van der Waals surface area (Å²) in [5.74, 6) is 0.201. The molecule has 31 heavy (non-hydrogen) atoms. The SMILES string of the molecule is O=c1[nH]c2cc(S(=O)(=O)N3CCCC(Cc4nc(-c5cnccn5)no4)C3)ccc2o1. The number of benzene rings is 1. The van der Waals surface area contributed by atoms with Crippen molar-refractivity contribution >= 4 is 21.1 Å². The van der Waals surface area contributed by atoms with Crippen LogP contribution in [0.25, 0.3) is 22.6 Å². The monoisotopic (exact) mass is 442 g/mol. The minimum atomic E-state index is -3.72. The topological polar surface area (TPSA) is 148 Å². The third kappa shape index (κ3) is 3.86. The van der Waals surface area contributed by atoms with Crippen molar-refractivity contribution in [2.45, 2.75) is 24.2 Å². The van der Waals surface area contributed by atoms with Gasteiger partial charge in [0.15, 0.2) is 5.58 Å². The summed E-state index contributed by atoms with van der Waals surface area (Å²) in [6, 6.07) is 4.35. The van der Waals surface area contributed by atoms with E-state index in [-0.39, 0.29) is 10.8 Å². The molecule has 4 aromatic rings. The molecule has 4 heterocycles. The highest BCUT2D eigenvalue weighted by molar-refractivity contribution is 7.89. The number of nitrogens with one attached hydrogen (secondary N) is 1. The molecule has 0 amide bonds. The summed E-state index contributed by atoms with van der Waals surface area (Å²) in [6.45, 7) is 0.762. The fourth-order valence-electron chi connectivity index (χ4n) is 3.76. The molecule has 0 radical (unpaired) electrons. The maximum atomic E-state index is 13.2. The Labute approximate surface area is 176 Å². The zero-order valence-corrected chi connectivity index (χ0v) is 17.1. The number of aromatic nitrogens is 5. The zero-order valence-electron chi connectivity index (χ0n) is 16.3. The standard InChI is InChI=1S/C19H18N6O5S/c26-19-22-14-9-13(3-4-16(14)29-19)31(27,28)25-7-1-2-12(11-25)8-17-23-18(24-30-17)15-10-20-5-6-21-15/h3-6,9-10,12H,1-2,7-8,11H2,(H,22,26). The summed E-state index contributed by atoms with van der Waals surface area (Å²) >= 11 is 0. The highest BCUT2D eigenvalue weighted by atomic mass is 32.2. The van der Waals surface area contributed by atoms with Crippen LogP contribution in [0.15, 0.2) is 55.4 Å². The summed E-state index contributed by atoms with van der Waals surface area (Å²) in [5, 5.41) is 3.94. The molecule has 160 valence electrons. The largest absolute Gasteiger partial charge is 0.417 e. The van der Waals surface area contributed by atoms with E-state index in [0.717, 1.165) is 12.8 Å². The highest BCUT2D eigenvalue weighted by Crippen LogP contribution is 2.27. The van der Waals surface area contributed by atoms with Crippen LogP contribution in [0, 0.1) is 5.92 Å². The van der Waals surface area contributed by atoms with Gasteiger partial charge in [-0.05, 0) is 37.0 Å². The van der Waals surface area contributed by atoms with Crippen LogP contribution < -0.4 is 5.76 Å². The Morgan fingerprint density at radius 2 is 2.16 bits per heavy atom. The first-order valence-corrected chi connectivity index (χ1v) is 11.1. The van der Waals surface area contributed by atoms with Gasteiger partial charge in [-0.1, -0.05) is 5.16 Å². The van der Waals surface area contributed by atoms with Crippen molar-refractivity contribution in [1.29, 1.82) is 0 Å². The lowest BCUT2D eigenvalue weighted by Crippen LogP contribution is -2.40. The Hall–Kier alpha value is -3.38. The summed E-state index contributed by atoms with van der Waals surface area (Å²) in [6.07, 6.45) is 6.69. The average molecular weight is 442 g/mol. The van der Waals surface area contributed by atoms with Gasteiger partial charge in [0.05, 0.1) is 16.6 Å². The molecule has 5 rings (SSSR count). The number of hydrogen-bond acceptors (Lipinski definition) is 9. The summed E-state index contributed by atoms with van der Waals surface area (Å²) in [7, 11) is -3.72. The second kappa shape index (κ2) is 7.71. The fraction of sp³-hybridized carbons (Fsp3) is 0.316. The Balaban J connectivity index is 1.32. The molecule has 1 atom stereocenters. The van der Waals surface area contributed by atoms with Crippen LogP contribution >= 0.6 is 0 Å². The van der Waals surface area contributed by atoms with Gasteiger partial charge in [-0.2, -0.15) is 9.29 Å². The van der Waals surface area contributed by atoms with E-state index in [2.05, 4.69) is 25.1 Å². The van der Waals surface area contributed by atoms with E-state index < -0.39 is 15.8 Å². The lowest BCUT2D eigenvalue weighted by atomic mass is 9.96. The number of H-pyrrole nitrogens is 1. The van der Waals surface area contributed by atoms with Crippen LogP contribution in [-0.2, 0) is 16.4 Å². The third-order valence-electron chi connectivity index (χ3n) is 5.23. The van der Waals surface area contributed by atoms with Crippen LogP contribution in [0.3, 0.4) is 0 Å². The first-order valence-electron chi connectivity index (χ1n) is 9.71. The third-order valence-corrected chi connectivity index (χ3v) is 7.09. The van der Waals surface area contributed by atoms with Gasteiger partial charge in [-0.3, -0.25) is 9.97 Å². The number of rotatable bonds is 5. The van der Waals surface area contributed by atoms with Crippen LogP contribution in [0.2, 0.25) is 0 Å². The number of sulfonamides is 1. The van der Waals surface area contributed by atoms with Crippen molar-refractivity contribution in [3.63, 3.8) is 0 Å². The second-order valence-corrected chi connectivity index (χ2v) is 9.29. The van der Waals surface area contributed by atoms with Gasteiger partial charge < -0.3 is 8.94 Å². The van der Waals surface area contributed by atoms with Gasteiger partial charge in [-0.15, -0.1) is 0 Å². The molecule has 0 saturated carbocycles. The van der Waals surface area contributed by atoms with Crippen LogP contribution in [0.5, 0.6) is 0 Å². The molecule has 1 N–H and O–H groups in total. The van der Waals surface area contributed by atoms with Gasteiger partial charge in [0.1, 0.15) is 5.69 Å². The molecule has 12 heteroatoms. The smallest absolute Gasteiger partial charge is 0.408 e. The number of fused-ring (bicyclic) bond motifs is 1. The molecule has 1 fully saturated rings. The molecule has 3 aromatic heterocycles. The minimum Gasteiger partial charge on any atom is -0.408 e. The number of piperidine rings is 1. The lowest BCUT2D eigenvalue weighted by Gasteiger charge is -2.31. The summed E-state index contributed by atoms with van der Waals surface area (Å²) < 4.78 is 38.1. The van der Waals surface area contributed by atoms with Crippen molar-refractivity contribution in [1.82, 2.24) is 29.4 Å². The van der Waals surface area contributed by atoms with Crippen LogP contribution in [-0.4, -0.2) is 50.9 Å². The summed E-state index contributed by atoms with van der Waals surface area (Å²) in [5.41, 5.74) is 1.18. The fourth-order valence-corrected chi connectivity index (χ4v) is 5.34. The molecular formula is C19H18N6O5S. The second-order valence-electron chi connectivity index (χ2n) is 7.35. The maximum absolute atomic E-state index is 13.2. The molecule has 1 aliphatic rings. The van der Waals surface area contributed by atoms with E-state index in [1.54, 1.807) is 18.6 Å². The van der Waals surface area contributed by atoms with Gasteiger partial charge in [0.2, 0.25) is 21.7 Å². The number of hydrogen-bond donors (Lipinski definition) is 1. The van der Waals surface area contributed by atoms with Crippen molar-refractivity contribution in [2.75, 3.05) is 13.1 Å². The molecule has 1 aliphatic heterocycles. The first-order chi connectivity index (χ1) is 15.0. The average Bonchev–Trinajstić information content (AvgIpc) is 3.39. The van der Waals surface area contributed by atoms with Crippen molar-refractivity contribution in [2.24, 2.45) is 5.92 Å². The normalized spacial score (nSPS) is 17.9. The Kier molecular flexibility index (Phi) is 4.87. The maximum Gasteiger partial charge on any atom is 0.417 e. The lowest BCUT2D eigenvalue weighted by molar-refractivity contribution is 0.247. The van der Waals surface area contributed by atoms with E-state index in [1.165, 1.54) is 22.5 Å². The molecular weight excluding hydrogens is 424 g/mol. The highest BCUT2D eigenvalue weighted by Gasteiger charge is 2.31. The van der Waals surface area contributed by atoms with Gasteiger partial charge in [0, 0.05) is 31.9 Å². The number of aromatic amines is 1. The van der Waals surface area contributed by atoms with Crippen molar-refractivity contribution in [3.8, 4) is 11.5 Å². The van der Waals surface area contributed by atoms with Gasteiger partial charge in [0.25, 0.3) is 0 Å². The van der Waals surface area contributed by atoms with E-state index in [1.807, 2.05) is 0 Å². The Morgan fingerprint density at radius 3 is 3.00 bits per heavy atom. The quantitative estimate of drug-likeness (QED) is 0.486. The Morgan fingerprint density at radius 1 is 1.26 bits per heavy atom. The van der Waals surface area contributed by atoms with E-state index >= 15 is 0 Å². The van der Waals surface area contributed by atoms with Crippen LogP contribution in [0.4, 0.5) is 0 Å². The molecule has 0 aliphatic carbocycles. The number of oxazole rings is 1. The molecule has 1 saturated heterocycles. The number of nitrogens with zero attached hydrogens (tertiary/aromatic N) is 5. The minimum absolute atomic E-state index is 0.0381. The summed E-state index contributed by atoms with van der Waals surface area (Å²) in [4.78, 5) is 26.5. The van der Waals surface area contributed by atoms with Gasteiger partial charge >= 0.3 is 5.76 Å².